The van der Waals surface area contributed by atoms with Gasteiger partial charge in [0.05, 0.1) is 41.2 Å². The van der Waals surface area contributed by atoms with Gasteiger partial charge in [0.25, 0.3) is 0 Å². The van der Waals surface area contributed by atoms with Gasteiger partial charge >= 0.3 is 11.9 Å². The summed E-state index contributed by atoms with van der Waals surface area (Å²) in [6, 6.07) is 9.98. The van der Waals surface area contributed by atoms with Gasteiger partial charge in [0.2, 0.25) is 0 Å². The van der Waals surface area contributed by atoms with E-state index in [0.29, 0.717) is 10.6 Å². The summed E-state index contributed by atoms with van der Waals surface area (Å²) < 4.78 is 10.1. The summed E-state index contributed by atoms with van der Waals surface area (Å²) in [6.07, 6.45) is 0. The molecule has 142 valence electrons. The van der Waals surface area contributed by atoms with Crippen LogP contribution in [0.3, 0.4) is 0 Å². The van der Waals surface area contributed by atoms with Crippen LogP contribution in [0, 0.1) is 22.7 Å². The van der Waals surface area contributed by atoms with Crippen molar-refractivity contribution < 1.29 is 19.1 Å². The van der Waals surface area contributed by atoms with Crippen molar-refractivity contribution in [3.05, 3.63) is 51.5 Å². The molecule has 0 heterocycles. The van der Waals surface area contributed by atoms with E-state index in [9.17, 15) is 20.1 Å². The molecule has 0 saturated carbocycles. The highest BCUT2D eigenvalue weighted by Crippen LogP contribution is 2.38. The lowest BCUT2D eigenvalue weighted by Crippen LogP contribution is -2.20. The highest BCUT2D eigenvalue weighted by atomic mass is 35.5. The van der Waals surface area contributed by atoms with Crippen molar-refractivity contribution in [2.24, 2.45) is 0 Å². The predicted molar refractivity (Wildman–Crippen MR) is 103 cm³/mol. The Hall–Kier alpha value is -3.55. The second kappa shape index (κ2) is 8.90. The summed E-state index contributed by atoms with van der Waals surface area (Å²) in [6.45, 7) is 3.22. The number of nitriles is 2. The van der Waals surface area contributed by atoms with Gasteiger partial charge in [0.15, 0.2) is 0 Å². The van der Waals surface area contributed by atoms with Crippen LogP contribution in [0.1, 0.15) is 45.7 Å². The van der Waals surface area contributed by atoms with Crippen molar-refractivity contribution >= 4 is 29.2 Å². The van der Waals surface area contributed by atoms with E-state index in [4.69, 9.17) is 26.8 Å². The number of benzene rings is 2. The van der Waals surface area contributed by atoms with Crippen LogP contribution < -0.4 is 5.73 Å². The molecule has 2 rings (SSSR count). The summed E-state index contributed by atoms with van der Waals surface area (Å²) in [7, 11) is 0. The van der Waals surface area contributed by atoms with Crippen molar-refractivity contribution in [1.29, 1.82) is 10.5 Å². The molecule has 28 heavy (non-hydrogen) atoms. The van der Waals surface area contributed by atoms with Gasteiger partial charge in [0, 0.05) is 10.6 Å². The molecule has 0 aromatic heterocycles. The fourth-order valence-electron chi connectivity index (χ4n) is 2.72. The normalized spacial score (nSPS) is 9.89. The van der Waals surface area contributed by atoms with Crippen LogP contribution >= 0.6 is 11.6 Å². The molecule has 2 aromatic carbocycles. The number of hydrogen-bond acceptors (Lipinski definition) is 7. The molecule has 0 atom stereocenters. The Kier molecular flexibility index (Phi) is 6.59. The number of rotatable bonds is 5. The summed E-state index contributed by atoms with van der Waals surface area (Å²) in [4.78, 5) is 25.4. The van der Waals surface area contributed by atoms with E-state index in [-0.39, 0.29) is 46.7 Å². The number of halogens is 1. The Bertz CT molecular complexity index is 1020. The number of anilines is 1. The lowest BCUT2D eigenvalue weighted by molar-refractivity contribution is 0.0479. The Morgan fingerprint density at radius 3 is 1.93 bits per heavy atom. The number of ether oxygens (including phenoxy) is 2. The number of nitrogen functional groups attached to an aromatic ring is 1. The van der Waals surface area contributed by atoms with Crippen molar-refractivity contribution in [3.63, 3.8) is 0 Å². The summed E-state index contributed by atoms with van der Waals surface area (Å²) >= 11 is 5.93. The molecule has 0 spiro atoms. The molecule has 0 unspecified atom stereocenters. The minimum atomic E-state index is -0.909. The third kappa shape index (κ3) is 3.75. The van der Waals surface area contributed by atoms with E-state index in [1.54, 1.807) is 44.2 Å². The molecule has 0 saturated heterocycles. The van der Waals surface area contributed by atoms with Crippen molar-refractivity contribution in [2.75, 3.05) is 18.9 Å². The van der Waals surface area contributed by atoms with Gasteiger partial charge in [-0.05, 0) is 31.5 Å². The quantitative estimate of drug-likeness (QED) is 0.602. The number of hydrogen-bond donors (Lipinski definition) is 1. The van der Waals surface area contributed by atoms with Crippen LogP contribution in [0.5, 0.6) is 0 Å². The molecule has 0 aliphatic rings. The maximum Gasteiger partial charge on any atom is 0.340 e. The van der Waals surface area contributed by atoms with Crippen LogP contribution in [0.15, 0.2) is 24.3 Å². The lowest BCUT2D eigenvalue weighted by Gasteiger charge is -2.18. The third-order valence-corrected chi connectivity index (χ3v) is 4.11. The number of nitrogens with two attached hydrogens (primary N) is 1. The molecule has 7 nitrogen and oxygen atoms in total. The lowest BCUT2D eigenvalue weighted by atomic mass is 9.86. The standard InChI is InChI=1S/C20H16ClN3O4/c1-3-27-19(25)16-14(10-23)18(24)13(9-22)15(17(16)20(26)28-4-2)11-5-7-12(21)8-6-11/h5-8H,3-4,24H2,1-2H3. The maximum atomic E-state index is 12.8. The third-order valence-electron chi connectivity index (χ3n) is 3.85. The Balaban J connectivity index is 3.05. The zero-order valence-corrected chi connectivity index (χ0v) is 16.0. The second-order valence-corrected chi connectivity index (χ2v) is 5.90. The fourth-order valence-corrected chi connectivity index (χ4v) is 2.85. The fraction of sp³-hybridized carbons (Fsp3) is 0.200. The first-order chi connectivity index (χ1) is 13.4. The first-order valence-electron chi connectivity index (χ1n) is 8.30. The predicted octanol–water partition coefficient (Wildman–Crippen LogP) is 3.69. The summed E-state index contributed by atoms with van der Waals surface area (Å²) in [5.74, 6) is -1.78. The van der Waals surface area contributed by atoms with Gasteiger partial charge in [-0.15, -0.1) is 0 Å². The highest BCUT2D eigenvalue weighted by Gasteiger charge is 2.32. The highest BCUT2D eigenvalue weighted by molar-refractivity contribution is 6.30. The molecule has 0 fully saturated rings. The van der Waals surface area contributed by atoms with E-state index in [0.717, 1.165) is 0 Å². The number of esters is 2. The minimum absolute atomic E-state index is 0.0160. The largest absolute Gasteiger partial charge is 0.462 e. The molecular weight excluding hydrogens is 382 g/mol. The zero-order valence-electron chi connectivity index (χ0n) is 15.2. The SMILES string of the molecule is CCOC(=O)c1c(C#N)c(N)c(C#N)c(-c2ccc(Cl)cc2)c1C(=O)OCC. The van der Waals surface area contributed by atoms with Gasteiger partial charge < -0.3 is 15.2 Å². The van der Waals surface area contributed by atoms with Crippen LogP contribution in [-0.4, -0.2) is 25.2 Å². The molecule has 2 N–H and O–H groups in total. The van der Waals surface area contributed by atoms with Gasteiger partial charge in [-0.1, -0.05) is 23.7 Å². The van der Waals surface area contributed by atoms with E-state index in [1.165, 1.54) is 0 Å². The van der Waals surface area contributed by atoms with Crippen LogP contribution in [0.25, 0.3) is 11.1 Å². The first kappa shape index (κ1) is 20.8. The first-order valence-corrected chi connectivity index (χ1v) is 8.68. The topological polar surface area (TPSA) is 126 Å². The average molecular weight is 398 g/mol. The van der Waals surface area contributed by atoms with E-state index in [2.05, 4.69) is 0 Å². The van der Waals surface area contributed by atoms with Crippen molar-refractivity contribution in [1.82, 2.24) is 0 Å². The molecular formula is C20H16ClN3O4. The Morgan fingerprint density at radius 1 is 0.964 bits per heavy atom. The Morgan fingerprint density at radius 2 is 1.46 bits per heavy atom. The average Bonchev–Trinajstić information content (AvgIpc) is 2.67. The molecule has 0 amide bonds. The minimum Gasteiger partial charge on any atom is -0.462 e. The molecule has 0 aliphatic heterocycles. The Labute approximate surface area is 166 Å². The van der Waals surface area contributed by atoms with Crippen LogP contribution in [0.2, 0.25) is 5.02 Å². The number of carbonyl (C=O) groups excluding carboxylic acids is 2. The van der Waals surface area contributed by atoms with Crippen molar-refractivity contribution in [3.8, 4) is 23.3 Å². The smallest absolute Gasteiger partial charge is 0.340 e. The van der Waals surface area contributed by atoms with Gasteiger partial charge in [0.1, 0.15) is 12.1 Å². The molecule has 0 aliphatic carbocycles. The number of nitrogens with zero attached hydrogens (tertiary/aromatic N) is 2. The number of carbonyl (C=O) groups is 2. The molecule has 2 aromatic rings. The molecule has 8 heteroatoms. The van der Waals surface area contributed by atoms with Crippen LogP contribution in [0.4, 0.5) is 5.69 Å². The van der Waals surface area contributed by atoms with Gasteiger partial charge in [-0.25, -0.2) is 9.59 Å². The summed E-state index contributed by atoms with van der Waals surface area (Å²) in [5, 5.41) is 19.7. The molecule has 0 radical (unpaired) electrons. The zero-order chi connectivity index (χ0) is 20.8. The maximum absolute atomic E-state index is 12.8. The van der Waals surface area contributed by atoms with Crippen LogP contribution in [-0.2, 0) is 9.47 Å². The molecule has 0 bridgehead atoms. The van der Waals surface area contributed by atoms with Gasteiger partial charge in [-0.3, -0.25) is 0 Å². The van der Waals surface area contributed by atoms with Gasteiger partial charge in [-0.2, -0.15) is 10.5 Å². The van der Waals surface area contributed by atoms with E-state index in [1.807, 2.05) is 6.07 Å². The van der Waals surface area contributed by atoms with E-state index < -0.39 is 11.9 Å². The van der Waals surface area contributed by atoms with Crippen molar-refractivity contribution in [2.45, 2.75) is 13.8 Å². The summed E-state index contributed by atoms with van der Waals surface area (Å²) in [5.41, 5.74) is 5.29. The monoisotopic (exact) mass is 397 g/mol. The second-order valence-electron chi connectivity index (χ2n) is 5.46. The van der Waals surface area contributed by atoms with E-state index >= 15 is 0 Å².